The van der Waals surface area contributed by atoms with Crippen LogP contribution in [0.1, 0.15) is 31.4 Å². The Kier molecular flexibility index (Phi) is 4.01. The highest BCUT2D eigenvalue weighted by Gasteiger charge is 2.17. The van der Waals surface area contributed by atoms with Gasteiger partial charge >= 0.3 is 0 Å². The lowest BCUT2D eigenvalue weighted by atomic mass is 10.0. The van der Waals surface area contributed by atoms with E-state index >= 15 is 0 Å². The van der Waals surface area contributed by atoms with Gasteiger partial charge in [0, 0.05) is 11.6 Å². The SMILES string of the molecule is CCC[C@@H](N)c1c(F)ccc(Br)c1F. The molecule has 4 heteroatoms. The minimum Gasteiger partial charge on any atom is -0.324 e. The molecule has 2 N–H and O–H groups in total. The molecule has 0 fully saturated rings. The van der Waals surface area contributed by atoms with Crippen molar-refractivity contribution in [3.63, 3.8) is 0 Å². The van der Waals surface area contributed by atoms with Gasteiger partial charge in [-0.15, -0.1) is 0 Å². The molecule has 0 aromatic heterocycles. The molecule has 0 bridgehead atoms. The van der Waals surface area contributed by atoms with E-state index in [-0.39, 0.29) is 10.0 Å². The van der Waals surface area contributed by atoms with E-state index in [9.17, 15) is 8.78 Å². The predicted molar refractivity (Wildman–Crippen MR) is 55.9 cm³/mol. The van der Waals surface area contributed by atoms with E-state index in [1.54, 1.807) is 0 Å². The molecule has 0 heterocycles. The molecule has 1 aromatic rings. The number of benzene rings is 1. The van der Waals surface area contributed by atoms with Crippen molar-refractivity contribution in [1.82, 2.24) is 0 Å². The van der Waals surface area contributed by atoms with E-state index in [1.165, 1.54) is 12.1 Å². The number of rotatable bonds is 3. The fraction of sp³-hybridized carbons (Fsp3) is 0.400. The largest absolute Gasteiger partial charge is 0.324 e. The Labute approximate surface area is 90.4 Å². The molecule has 0 saturated carbocycles. The maximum atomic E-state index is 13.5. The zero-order chi connectivity index (χ0) is 10.7. The van der Waals surface area contributed by atoms with Crippen molar-refractivity contribution < 1.29 is 8.78 Å². The van der Waals surface area contributed by atoms with Crippen molar-refractivity contribution in [2.75, 3.05) is 0 Å². The zero-order valence-corrected chi connectivity index (χ0v) is 9.44. The third-order valence-electron chi connectivity index (χ3n) is 2.05. The summed E-state index contributed by atoms with van der Waals surface area (Å²) >= 11 is 3.00. The summed E-state index contributed by atoms with van der Waals surface area (Å²) in [6.07, 6.45) is 1.37. The highest BCUT2D eigenvalue weighted by molar-refractivity contribution is 9.10. The summed E-state index contributed by atoms with van der Waals surface area (Å²) in [6, 6.07) is 1.99. The van der Waals surface area contributed by atoms with E-state index in [2.05, 4.69) is 15.9 Å². The lowest BCUT2D eigenvalue weighted by molar-refractivity contribution is 0.506. The second-order valence-electron chi connectivity index (χ2n) is 3.15. The smallest absolute Gasteiger partial charge is 0.145 e. The first-order chi connectivity index (χ1) is 6.57. The maximum Gasteiger partial charge on any atom is 0.145 e. The Hall–Kier alpha value is -0.480. The number of halogens is 3. The van der Waals surface area contributed by atoms with Gasteiger partial charge in [-0.1, -0.05) is 13.3 Å². The molecule has 0 radical (unpaired) electrons. The Morgan fingerprint density at radius 2 is 2.07 bits per heavy atom. The van der Waals surface area contributed by atoms with Crippen LogP contribution in [0.4, 0.5) is 8.78 Å². The van der Waals surface area contributed by atoms with Crippen molar-refractivity contribution in [1.29, 1.82) is 0 Å². The van der Waals surface area contributed by atoms with Gasteiger partial charge in [0.05, 0.1) is 4.47 Å². The third kappa shape index (κ3) is 2.30. The summed E-state index contributed by atoms with van der Waals surface area (Å²) in [5.74, 6) is -1.17. The Morgan fingerprint density at radius 1 is 1.43 bits per heavy atom. The lowest BCUT2D eigenvalue weighted by Crippen LogP contribution is -2.14. The van der Waals surface area contributed by atoms with E-state index in [0.717, 1.165) is 6.42 Å². The molecule has 0 aliphatic heterocycles. The van der Waals surface area contributed by atoms with E-state index in [1.807, 2.05) is 6.92 Å². The van der Waals surface area contributed by atoms with Gasteiger partial charge < -0.3 is 5.73 Å². The second-order valence-corrected chi connectivity index (χ2v) is 4.01. The minimum absolute atomic E-state index is 0.0266. The molecule has 0 unspecified atom stereocenters. The summed E-state index contributed by atoms with van der Waals surface area (Å²) in [6.45, 7) is 1.92. The first-order valence-electron chi connectivity index (χ1n) is 4.46. The van der Waals surface area contributed by atoms with Gasteiger partial charge in [-0.05, 0) is 34.5 Å². The molecular formula is C10H12BrF2N. The number of hydrogen-bond donors (Lipinski definition) is 1. The van der Waals surface area contributed by atoms with Gasteiger partial charge in [0.1, 0.15) is 11.6 Å². The Bertz CT molecular complexity index is 328. The second kappa shape index (κ2) is 4.84. The lowest BCUT2D eigenvalue weighted by Gasteiger charge is -2.13. The van der Waals surface area contributed by atoms with Crippen LogP contribution in [0.2, 0.25) is 0 Å². The van der Waals surface area contributed by atoms with Gasteiger partial charge in [-0.25, -0.2) is 8.78 Å². The van der Waals surface area contributed by atoms with Crippen molar-refractivity contribution in [3.05, 3.63) is 33.8 Å². The molecule has 1 atom stereocenters. The van der Waals surface area contributed by atoms with E-state index in [0.29, 0.717) is 6.42 Å². The molecule has 0 amide bonds. The fourth-order valence-electron chi connectivity index (χ4n) is 1.34. The maximum absolute atomic E-state index is 13.5. The van der Waals surface area contributed by atoms with Gasteiger partial charge in [-0.3, -0.25) is 0 Å². The Morgan fingerprint density at radius 3 is 2.64 bits per heavy atom. The van der Waals surface area contributed by atoms with Crippen LogP contribution >= 0.6 is 15.9 Å². The molecule has 1 rings (SSSR count). The van der Waals surface area contributed by atoms with Gasteiger partial charge in [0.15, 0.2) is 0 Å². The molecule has 0 aliphatic carbocycles. The average Bonchev–Trinajstić information content (AvgIpc) is 2.13. The molecular weight excluding hydrogens is 252 g/mol. The quantitative estimate of drug-likeness (QED) is 0.830. The third-order valence-corrected chi connectivity index (χ3v) is 2.66. The van der Waals surface area contributed by atoms with Crippen molar-refractivity contribution in [2.24, 2.45) is 5.73 Å². The fourth-order valence-corrected chi connectivity index (χ4v) is 1.68. The highest BCUT2D eigenvalue weighted by Crippen LogP contribution is 2.27. The van der Waals surface area contributed by atoms with Crippen LogP contribution in [-0.2, 0) is 0 Å². The topological polar surface area (TPSA) is 26.0 Å². The summed E-state index contributed by atoms with van der Waals surface area (Å²) in [5, 5.41) is 0. The minimum atomic E-state index is -0.592. The summed E-state index contributed by atoms with van der Waals surface area (Å²) in [5.41, 5.74) is 5.65. The van der Waals surface area contributed by atoms with Crippen molar-refractivity contribution in [3.8, 4) is 0 Å². The van der Waals surface area contributed by atoms with Gasteiger partial charge in [0.25, 0.3) is 0 Å². The van der Waals surface area contributed by atoms with E-state index in [4.69, 9.17) is 5.73 Å². The van der Waals surface area contributed by atoms with Crippen LogP contribution < -0.4 is 5.73 Å². The van der Waals surface area contributed by atoms with E-state index < -0.39 is 17.7 Å². The number of nitrogens with two attached hydrogens (primary N) is 1. The molecule has 1 nitrogen and oxygen atoms in total. The normalized spacial score (nSPS) is 12.9. The first-order valence-corrected chi connectivity index (χ1v) is 5.26. The van der Waals surface area contributed by atoms with Crippen molar-refractivity contribution in [2.45, 2.75) is 25.8 Å². The standard InChI is InChI=1S/C10H12BrF2N/c1-2-3-8(14)9-7(12)5-4-6(11)10(9)13/h4-5,8H,2-3,14H2,1H3/t8-/m1/s1. The van der Waals surface area contributed by atoms with Crippen LogP contribution in [0.3, 0.4) is 0 Å². The van der Waals surface area contributed by atoms with Crippen LogP contribution in [0.25, 0.3) is 0 Å². The average molecular weight is 264 g/mol. The molecule has 0 saturated heterocycles. The first kappa shape index (κ1) is 11.6. The summed E-state index contributed by atoms with van der Waals surface area (Å²) < 4.78 is 27.0. The zero-order valence-electron chi connectivity index (χ0n) is 7.86. The summed E-state index contributed by atoms with van der Waals surface area (Å²) in [4.78, 5) is 0. The molecule has 14 heavy (non-hydrogen) atoms. The van der Waals surface area contributed by atoms with Crippen molar-refractivity contribution >= 4 is 15.9 Å². The van der Waals surface area contributed by atoms with Crippen LogP contribution in [0.5, 0.6) is 0 Å². The molecule has 78 valence electrons. The summed E-state index contributed by atoms with van der Waals surface area (Å²) in [7, 11) is 0. The van der Waals surface area contributed by atoms with Crippen LogP contribution in [0.15, 0.2) is 16.6 Å². The van der Waals surface area contributed by atoms with Gasteiger partial charge in [-0.2, -0.15) is 0 Å². The molecule has 1 aromatic carbocycles. The molecule has 0 spiro atoms. The monoisotopic (exact) mass is 263 g/mol. The van der Waals surface area contributed by atoms with Crippen LogP contribution in [-0.4, -0.2) is 0 Å². The predicted octanol–water partition coefficient (Wildman–Crippen LogP) is 3.53. The van der Waals surface area contributed by atoms with Crippen LogP contribution in [0, 0.1) is 11.6 Å². The highest BCUT2D eigenvalue weighted by atomic mass is 79.9. The number of hydrogen-bond acceptors (Lipinski definition) is 1. The molecule has 0 aliphatic rings. The van der Waals surface area contributed by atoms with Gasteiger partial charge in [0.2, 0.25) is 0 Å². The Balaban J connectivity index is 3.11.